The Balaban J connectivity index is 1.38. The van der Waals surface area contributed by atoms with E-state index in [1.165, 1.54) is 6.07 Å². The zero-order chi connectivity index (χ0) is 20.4. The summed E-state index contributed by atoms with van der Waals surface area (Å²) in [5.74, 6) is 1.39. The Morgan fingerprint density at radius 1 is 1.03 bits per heavy atom. The maximum atomic E-state index is 12.7. The van der Waals surface area contributed by atoms with E-state index in [0.717, 1.165) is 5.56 Å². The molecule has 9 heteroatoms. The smallest absolute Gasteiger partial charge is 0.294 e. The Labute approximate surface area is 172 Å². The molecule has 0 atom stereocenters. The molecule has 0 unspecified atom stereocenters. The fraction of sp³-hybridized carbons (Fsp3) is 0.350. The van der Waals surface area contributed by atoms with Gasteiger partial charge in [-0.05, 0) is 29.8 Å². The molecule has 0 N–H and O–H groups in total. The van der Waals surface area contributed by atoms with Crippen LogP contribution in [0.2, 0.25) is 5.02 Å². The number of nitrogens with zero attached hydrogens (tertiary/aromatic N) is 3. The van der Waals surface area contributed by atoms with E-state index in [0.29, 0.717) is 61.6 Å². The first kappa shape index (κ1) is 19.3. The van der Waals surface area contributed by atoms with Crippen molar-refractivity contribution in [3.63, 3.8) is 0 Å². The lowest BCUT2D eigenvalue weighted by molar-refractivity contribution is -0.384. The molecule has 1 fully saturated rings. The van der Waals surface area contributed by atoms with Gasteiger partial charge >= 0.3 is 0 Å². The largest absolute Gasteiger partial charge is 0.486 e. The molecule has 152 valence electrons. The normalized spacial score (nSPS) is 15.9. The van der Waals surface area contributed by atoms with Crippen LogP contribution in [-0.4, -0.2) is 55.1 Å². The summed E-state index contributed by atoms with van der Waals surface area (Å²) in [5.41, 5.74) is 1.38. The predicted molar refractivity (Wildman–Crippen MR) is 108 cm³/mol. The van der Waals surface area contributed by atoms with Crippen LogP contribution in [0.1, 0.15) is 5.56 Å². The molecule has 0 radical (unpaired) electrons. The standard InChI is InChI=1S/C20H20ClN3O5/c21-15-2-3-16(17(13-15)24(26)27)22-5-7-23(8-6-22)20(25)12-14-1-4-18-19(11-14)29-10-9-28-18/h1-4,11,13H,5-10,12H2. The fourth-order valence-corrected chi connectivity index (χ4v) is 3.76. The third-order valence-electron chi connectivity index (χ3n) is 5.07. The summed E-state index contributed by atoms with van der Waals surface area (Å²) in [7, 11) is 0. The molecule has 0 aliphatic carbocycles. The second kappa shape index (κ2) is 8.16. The van der Waals surface area contributed by atoms with Crippen LogP contribution in [0.15, 0.2) is 36.4 Å². The SMILES string of the molecule is O=C(Cc1ccc2c(c1)OCCO2)N1CCN(c2ccc(Cl)cc2[N+](=O)[O-])CC1. The summed E-state index contributed by atoms with van der Waals surface area (Å²) in [5, 5.41) is 11.7. The number of hydrogen-bond acceptors (Lipinski definition) is 6. The molecule has 2 aliphatic heterocycles. The highest BCUT2D eigenvalue weighted by Gasteiger charge is 2.26. The second-order valence-corrected chi connectivity index (χ2v) is 7.35. The van der Waals surface area contributed by atoms with Crippen LogP contribution in [0.4, 0.5) is 11.4 Å². The molecule has 8 nitrogen and oxygen atoms in total. The van der Waals surface area contributed by atoms with Gasteiger partial charge in [-0.25, -0.2) is 0 Å². The van der Waals surface area contributed by atoms with Crippen molar-refractivity contribution in [3.8, 4) is 11.5 Å². The van der Waals surface area contributed by atoms with E-state index in [4.69, 9.17) is 21.1 Å². The summed E-state index contributed by atoms with van der Waals surface area (Å²) in [4.78, 5) is 27.3. The molecule has 2 heterocycles. The molecule has 4 rings (SSSR count). The number of anilines is 1. The minimum atomic E-state index is -0.430. The first-order valence-electron chi connectivity index (χ1n) is 9.36. The van der Waals surface area contributed by atoms with Gasteiger partial charge in [-0.15, -0.1) is 0 Å². The van der Waals surface area contributed by atoms with E-state index in [1.54, 1.807) is 17.0 Å². The topological polar surface area (TPSA) is 85.2 Å². The molecule has 29 heavy (non-hydrogen) atoms. The molecule has 0 aromatic heterocycles. The average Bonchev–Trinajstić information content (AvgIpc) is 2.73. The Kier molecular flexibility index (Phi) is 5.44. The van der Waals surface area contributed by atoms with Crippen LogP contribution < -0.4 is 14.4 Å². The van der Waals surface area contributed by atoms with Gasteiger partial charge in [0.25, 0.3) is 5.69 Å². The monoisotopic (exact) mass is 417 g/mol. The van der Waals surface area contributed by atoms with Crippen molar-refractivity contribution in [3.05, 3.63) is 57.1 Å². The van der Waals surface area contributed by atoms with Crippen LogP contribution >= 0.6 is 11.6 Å². The Morgan fingerprint density at radius 2 is 1.76 bits per heavy atom. The number of carbonyl (C=O) groups excluding carboxylic acids is 1. The maximum absolute atomic E-state index is 12.7. The van der Waals surface area contributed by atoms with Crippen molar-refractivity contribution in [1.29, 1.82) is 0 Å². The molecule has 2 aromatic rings. The Morgan fingerprint density at radius 3 is 2.48 bits per heavy atom. The summed E-state index contributed by atoms with van der Waals surface area (Å²) in [6.45, 7) is 3.08. The van der Waals surface area contributed by atoms with E-state index in [-0.39, 0.29) is 18.0 Å². The highest BCUT2D eigenvalue weighted by atomic mass is 35.5. The van der Waals surface area contributed by atoms with Gasteiger partial charge < -0.3 is 19.3 Å². The van der Waals surface area contributed by atoms with Crippen LogP contribution in [0, 0.1) is 10.1 Å². The van der Waals surface area contributed by atoms with E-state index in [9.17, 15) is 14.9 Å². The van der Waals surface area contributed by atoms with E-state index >= 15 is 0 Å². The van der Waals surface area contributed by atoms with Crippen LogP contribution in [0.3, 0.4) is 0 Å². The van der Waals surface area contributed by atoms with Crippen molar-refractivity contribution in [1.82, 2.24) is 4.90 Å². The van der Waals surface area contributed by atoms with Crippen LogP contribution in [0.25, 0.3) is 0 Å². The maximum Gasteiger partial charge on any atom is 0.294 e. The lowest BCUT2D eigenvalue weighted by atomic mass is 10.1. The number of piperazine rings is 1. The van der Waals surface area contributed by atoms with Gasteiger partial charge in [-0.2, -0.15) is 0 Å². The summed E-state index contributed by atoms with van der Waals surface area (Å²) in [6.07, 6.45) is 0.276. The number of fused-ring (bicyclic) bond motifs is 1. The Hall–Kier alpha value is -3.00. The lowest BCUT2D eigenvalue weighted by Crippen LogP contribution is -2.49. The Bertz CT molecular complexity index is 944. The number of nitro benzene ring substituents is 1. The first-order chi connectivity index (χ1) is 14.0. The number of rotatable bonds is 4. The molecule has 2 aliphatic rings. The minimum Gasteiger partial charge on any atom is -0.486 e. The number of halogens is 1. The molecule has 0 spiro atoms. The molecular weight excluding hydrogens is 398 g/mol. The highest BCUT2D eigenvalue weighted by molar-refractivity contribution is 6.30. The molecule has 2 aromatic carbocycles. The van der Waals surface area contributed by atoms with Crippen molar-refractivity contribution < 1.29 is 19.2 Å². The molecular formula is C20H20ClN3O5. The first-order valence-corrected chi connectivity index (χ1v) is 9.74. The average molecular weight is 418 g/mol. The van der Waals surface area contributed by atoms with Crippen molar-refractivity contribution in [2.75, 3.05) is 44.3 Å². The van der Waals surface area contributed by atoms with Gasteiger partial charge in [0.15, 0.2) is 11.5 Å². The van der Waals surface area contributed by atoms with Gasteiger partial charge in [-0.1, -0.05) is 17.7 Å². The number of benzene rings is 2. The van der Waals surface area contributed by atoms with Crippen molar-refractivity contribution >= 4 is 28.9 Å². The van der Waals surface area contributed by atoms with E-state index in [2.05, 4.69) is 0 Å². The highest BCUT2D eigenvalue weighted by Crippen LogP contribution is 2.32. The number of hydrogen-bond donors (Lipinski definition) is 0. The zero-order valence-electron chi connectivity index (χ0n) is 15.7. The molecule has 1 amide bonds. The zero-order valence-corrected chi connectivity index (χ0v) is 16.4. The predicted octanol–water partition coefficient (Wildman–Crippen LogP) is 2.91. The molecule has 0 bridgehead atoms. The minimum absolute atomic E-state index is 0.0199. The molecule has 1 saturated heterocycles. The van der Waals surface area contributed by atoms with Crippen LogP contribution in [-0.2, 0) is 11.2 Å². The number of amides is 1. The van der Waals surface area contributed by atoms with Gasteiger partial charge in [0, 0.05) is 37.3 Å². The third kappa shape index (κ3) is 4.22. The van der Waals surface area contributed by atoms with Gasteiger partial charge in [0.2, 0.25) is 5.91 Å². The van der Waals surface area contributed by atoms with Crippen molar-refractivity contribution in [2.45, 2.75) is 6.42 Å². The lowest BCUT2D eigenvalue weighted by Gasteiger charge is -2.36. The summed E-state index contributed by atoms with van der Waals surface area (Å²) in [6, 6.07) is 10.2. The van der Waals surface area contributed by atoms with E-state index < -0.39 is 4.92 Å². The number of nitro groups is 1. The second-order valence-electron chi connectivity index (χ2n) is 6.91. The number of ether oxygens (including phenoxy) is 2. The van der Waals surface area contributed by atoms with Crippen molar-refractivity contribution in [2.24, 2.45) is 0 Å². The summed E-state index contributed by atoms with van der Waals surface area (Å²) < 4.78 is 11.1. The quantitative estimate of drug-likeness (QED) is 0.561. The number of carbonyl (C=O) groups is 1. The fourth-order valence-electron chi connectivity index (χ4n) is 3.59. The van der Waals surface area contributed by atoms with Gasteiger partial charge in [0.1, 0.15) is 18.9 Å². The van der Waals surface area contributed by atoms with Gasteiger partial charge in [-0.3, -0.25) is 14.9 Å². The van der Waals surface area contributed by atoms with Gasteiger partial charge in [0.05, 0.1) is 11.3 Å². The molecule has 0 saturated carbocycles. The van der Waals surface area contributed by atoms with Crippen LogP contribution in [0.5, 0.6) is 11.5 Å². The van der Waals surface area contributed by atoms with E-state index in [1.807, 2.05) is 23.1 Å². The summed E-state index contributed by atoms with van der Waals surface area (Å²) >= 11 is 5.89. The third-order valence-corrected chi connectivity index (χ3v) is 5.30.